The summed E-state index contributed by atoms with van der Waals surface area (Å²) < 4.78 is 15.2. The van der Waals surface area contributed by atoms with Crippen molar-refractivity contribution in [3.8, 4) is 23.0 Å². The first kappa shape index (κ1) is 12.1. The van der Waals surface area contributed by atoms with Crippen LogP contribution in [0.4, 0.5) is 0 Å². The van der Waals surface area contributed by atoms with E-state index in [1.807, 2.05) is 0 Å². The van der Waals surface area contributed by atoms with Gasteiger partial charge in [-0.15, -0.1) is 0 Å². The lowest BCUT2D eigenvalue weighted by molar-refractivity contribution is 0.317. The SMILES string of the molecule is COc1cc(O)c(OC)c(OC)c1SCl. The van der Waals surface area contributed by atoms with Crippen LogP contribution in [0, 0.1) is 0 Å². The molecule has 0 aliphatic rings. The summed E-state index contributed by atoms with van der Waals surface area (Å²) in [5.74, 6) is 0.974. The van der Waals surface area contributed by atoms with Crippen molar-refractivity contribution >= 4 is 21.7 Å². The molecule has 0 radical (unpaired) electrons. The normalized spacial score (nSPS) is 9.87. The highest BCUT2D eigenvalue weighted by Crippen LogP contribution is 2.49. The van der Waals surface area contributed by atoms with Gasteiger partial charge in [-0.25, -0.2) is 0 Å². The lowest BCUT2D eigenvalue weighted by atomic mass is 10.2. The van der Waals surface area contributed by atoms with E-state index >= 15 is 0 Å². The van der Waals surface area contributed by atoms with Crippen LogP contribution in [0.3, 0.4) is 0 Å². The summed E-state index contributed by atoms with van der Waals surface area (Å²) in [6, 6.07) is 1.42. The van der Waals surface area contributed by atoms with E-state index in [1.54, 1.807) is 0 Å². The zero-order valence-electron chi connectivity index (χ0n) is 8.54. The van der Waals surface area contributed by atoms with Crippen LogP contribution < -0.4 is 14.2 Å². The van der Waals surface area contributed by atoms with Gasteiger partial charge in [0.15, 0.2) is 11.5 Å². The molecule has 15 heavy (non-hydrogen) atoms. The first-order valence-electron chi connectivity index (χ1n) is 4.00. The Labute approximate surface area is 96.6 Å². The molecule has 0 aliphatic carbocycles. The van der Waals surface area contributed by atoms with Gasteiger partial charge in [0.2, 0.25) is 5.75 Å². The Kier molecular flexibility index (Phi) is 4.23. The van der Waals surface area contributed by atoms with Gasteiger partial charge >= 0.3 is 0 Å². The van der Waals surface area contributed by atoms with E-state index in [4.69, 9.17) is 24.9 Å². The predicted molar refractivity (Wildman–Crippen MR) is 59.5 cm³/mol. The fourth-order valence-electron chi connectivity index (χ4n) is 1.19. The number of phenolic OH excluding ortho intramolecular Hbond substituents is 1. The lowest BCUT2D eigenvalue weighted by Gasteiger charge is -2.14. The van der Waals surface area contributed by atoms with E-state index < -0.39 is 0 Å². The number of aromatic hydroxyl groups is 1. The Morgan fingerprint density at radius 1 is 1.13 bits per heavy atom. The molecule has 1 aromatic rings. The Morgan fingerprint density at radius 2 is 1.73 bits per heavy atom. The number of halogens is 1. The zero-order chi connectivity index (χ0) is 11.4. The van der Waals surface area contributed by atoms with Crippen LogP contribution in [0.5, 0.6) is 23.0 Å². The fraction of sp³-hybridized carbons (Fsp3) is 0.333. The quantitative estimate of drug-likeness (QED) is 0.890. The maximum Gasteiger partial charge on any atom is 0.204 e. The van der Waals surface area contributed by atoms with Gasteiger partial charge in [0.1, 0.15) is 10.6 Å². The monoisotopic (exact) mass is 250 g/mol. The van der Waals surface area contributed by atoms with Crippen molar-refractivity contribution < 1.29 is 19.3 Å². The molecule has 0 aromatic heterocycles. The second-order valence-electron chi connectivity index (χ2n) is 2.57. The van der Waals surface area contributed by atoms with Crippen LogP contribution in [0.15, 0.2) is 11.0 Å². The summed E-state index contributed by atoms with van der Waals surface area (Å²) in [6.45, 7) is 0. The van der Waals surface area contributed by atoms with Crippen molar-refractivity contribution in [3.05, 3.63) is 6.07 Å². The van der Waals surface area contributed by atoms with Gasteiger partial charge in [0, 0.05) is 6.07 Å². The number of hydrogen-bond donors (Lipinski definition) is 1. The molecule has 1 rings (SSSR count). The molecule has 0 amide bonds. The van der Waals surface area contributed by atoms with Gasteiger partial charge < -0.3 is 19.3 Å². The van der Waals surface area contributed by atoms with Crippen LogP contribution in [0.25, 0.3) is 0 Å². The maximum absolute atomic E-state index is 9.62. The van der Waals surface area contributed by atoms with E-state index in [0.717, 1.165) is 11.0 Å². The summed E-state index contributed by atoms with van der Waals surface area (Å²) >= 11 is 0. The molecule has 0 atom stereocenters. The van der Waals surface area contributed by atoms with Gasteiger partial charge in [0.25, 0.3) is 0 Å². The number of benzene rings is 1. The number of methoxy groups -OCH3 is 3. The van der Waals surface area contributed by atoms with Crippen molar-refractivity contribution in [3.63, 3.8) is 0 Å². The predicted octanol–water partition coefficient (Wildman–Crippen LogP) is 2.66. The number of hydrogen-bond acceptors (Lipinski definition) is 5. The molecule has 0 fully saturated rings. The van der Waals surface area contributed by atoms with Crippen LogP contribution in [-0.4, -0.2) is 26.4 Å². The van der Waals surface area contributed by atoms with E-state index in [1.165, 1.54) is 27.4 Å². The van der Waals surface area contributed by atoms with Gasteiger partial charge in [-0.3, -0.25) is 0 Å². The molecule has 0 unspecified atom stereocenters. The lowest BCUT2D eigenvalue weighted by Crippen LogP contribution is -1.95. The second-order valence-corrected chi connectivity index (χ2v) is 3.60. The van der Waals surface area contributed by atoms with Crippen molar-refractivity contribution in [1.82, 2.24) is 0 Å². The molecule has 0 bridgehead atoms. The van der Waals surface area contributed by atoms with Crippen molar-refractivity contribution in [2.24, 2.45) is 0 Å². The molecule has 0 saturated carbocycles. The molecule has 84 valence electrons. The minimum absolute atomic E-state index is 0.0549. The molecule has 4 nitrogen and oxygen atoms in total. The molecule has 1 N–H and O–H groups in total. The molecular weight excluding hydrogens is 240 g/mol. The Balaban J connectivity index is 3.44. The highest BCUT2D eigenvalue weighted by Gasteiger charge is 2.20. The van der Waals surface area contributed by atoms with Crippen LogP contribution in [0.2, 0.25) is 0 Å². The van der Waals surface area contributed by atoms with Gasteiger partial charge in [-0.05, 0) is 21.7 Å². The number of ether oxygens (including phenoxy) is 3. The van der Waals surface area contributed by atoms with Crippen molar-refractivity contribution in [2.75, 3.05) is 21.3 Å². The third-order valence-electron chi connectivity index (χ3n) is 1.84. The fourth-order valence-corrected chi connectivity index (χ4v) is 2.10. The molecular formula is C9H11ClO4S. The first-order valence-corrected chi connectivity index (χ1v) is 5.64. The van der Waals surface area contributed by atoms with Gasteiger partial charge in [0.05, 0.1) is 21.3 Å². The second kappa shape index (κ2) is 5.23. The smallest absolute Gasteiger partial charge is 0.204 e. The number of phenols is 1. The Bertz CT molecular complexity index is 356. The highest BCUT2D eigenvalue weighted by atomic mass is 35.7. The van der Waals surface area contributed by atoms with Gasteiger partial charge in [-0.1, -0.05) is 0 Å². The highest BCUT2D eigenvalue weighted by molar-refractivity contribution is 8.21. The van der Waals surface area contributed by atoms with E-state index in [0.29, 0.717) is 16.4 Å². The Hall–Kier alpha value is -0.940. The Morgan fingerprint density at radius 3 is 2.13 bits per heavy atom. The standard InChI is InChI=1S/C9H11ClO4S/c1-12-6-4-5(11)7(13-2)8(14-3)9(6)15-10/h4,11H,1-3H3. The van der Waals surface area contributed by atoms with Gasteiger partial charge in [-0.2, -0.15) is 0 Å². The average Bonchev–Trinajstić information content (AvgIpc) is 2.27. The third kappa shape index (κ3) is 2.18. The van der Waals surface area contributed by atoms with Crippen molar-refractivity contribution in [1.29, 1.82) is 0 Å². The third-order valence-corrected chi connectivity index (χ3v) is 2.85. The van der Waals surface area contributed by atoms with Crippen LogP contribution >= 0.6 is 21.7 Å². The molecule has 0 spiro atoms. The molecule has 1 aromatic carbocycles. The minimum Gasteiger partial charge on any atom is -0.504 e. The molecule has 0 aliphatic heterocycles. The number of rotatable bonds is 4. The van der Waals surface area contributed by atoms with E-state index in [9.17, 15) is 5.11 Å². The largest absolute Gasteiger partial charge is 0.504 e. The summed E-state index contributed by atoms with van der Waals surface area (Å²) in [7, 11) is 11.0. The topological polar surface area (TPSA) is 47.9 Å². The van der Waals surface area contributed by atoms with E-state index in [2.05, 4.69) is 0 Å². The van der Waals surface area contributed by atoms with Crippen molar-refractivity contribution in [2.45, 2.75) is 4.90 Å². The molecule has 6 heteroatoms. The molecule has 0 saturated heterocycles. The maximum atomic E-state index is 9.62. The summed E-state index contributed by atoms with van der Waals surface area (Å²) in [4.78, 5) is 0.566. The van der Waals surface area contributed by atoms with E-state index in [-0.39, 0.29) is 11.5 Å². The van der Waals surface area contributed by atoms with Crippen LogP contribution in [0.1, 0.15) is 0 Å². The first-order chi connectivity index (χ1) is 7.19. The average molecular weight is 251 g/mol. The molecule has 0 heterocycles. The van der Waals surface area contributed by atoms with Crippen LogP contribution in [-0.2, 0) is 0 Å². The minimum atomic E-state index is -0.0549. The summed E-state index contributed by atoms with van der Waals surface area (Å²) in [5, 5.41) is 9.62. The zero-order valence-corrected chi connectivity index (χ0v) is 10.1. The summed E-state index contributed by atoms with van der Waals surface area (Å²) in [5.41, 5.74) is 0. The summed E-state index contributed by atoms with van der Waals surface area (Å²) in [6.07, 6.45) is 0.